The van der Waals surface area contributed by atoms with Crippen LogP contribution in [0.2, 0.25) is 0 Å². The predicted octanol–water partition coefficient (Wildman–Crippen LogP) is 3.48. The van der Waals surface area contributed by atoms with Crippen molar-refractivity contribution in [1.82, 2.24) is 53.8 Å². The molecule has 25 heteroatoms. The fourth-order valence-corrected chi connectivity index (χ4v) is 8.81. The Labute approximate surface area is 442 Å². The van der Waals surface area contributed by atoms with Crippen molar-refractivity contribution in [3.05, 3.63) is 94.6 Å². The summed E-state index contributed by atoms with van der Waals surface area (Å²) in [5, 5.41) is 17.4. The minimum atomic E-state index is -0.889. The van der Waals surface area contributed by atoms with Crippen LogP contribution in [-0.4, -0.2) is 136 Å². The molecule has 0 spiro atoms. The molecule has 0 bridgehead atoms. The van der Waals surface area contributed by atoms with Crippen molar-refractivity contribution in [3.8, 4) is 11.5 Å². The van der Waals surface area contributed by atoms with Crippen LogP contribution in [0.4, 0.5) is 11.9 Å². The Hall–Kier alpha value is -9.16. The van der Waals surface area contributed by atoms with Gasteiger partial charge in [-0.15, -0.1) is 0 Å². The topological polar surface area (TPSA) is 321 Å². The summed E-state index contributed by atoms with van der Waals surface area (Å²) in [5.74, 6) is -3.88. The molecule has 0 unspecified atom stereocenters. The third kappa shape index (κ3) is 12.4. The van der Waals surface area contributed by atoms with Gasteiger partial charge in [0.1, 0.15) is 40.0 Å². The number of likely N-dealkylation sites (N-methyl/N-ethyl adjacent to an activating group) is 1. The fourth-order valence-electron chi connectivity index (χ4n) is 8.81. The lowest BCUT2D eigenvalue weighted by atomic mass is 9.97. The summed E-state index contributed by atoms with van der Waals surface area (Å²) < 4.78 is 18.6. The molecule has 4 aromatic heterocycles. The van der Waals surface area contributed by atoms with Crippen molar-refractivity contribution < 1.29 is 47.8 Å². The number of carbonyl (C=O) groups excluding carboxylic acids is 8. The molecule has 406 valence electrons. The number of nitrogens with two attached hydrogens (primary N) is 2. The zero-order valence-corrected chi connectivity index (χ0v) is 44.2. The molecule has 25 nitrogen and oxygen atoms in total. The maximum atomic E-state index is 14.0. The molecule has 0 radical (unpaired) electrons. The highest BCUT2D eigenvalue weighted by atomic mass is 16.5. The minimum Gasteiger partial charge on any atom is -0.494 e. The number of primary amides is 2. The highest BCUT2D eigenvalue weighted by molar-refractivity contribution is 6.13. The molecule has 7 rings (SSSR count). The van der Waals surface area contributed by atoms with Gasteiger partial charge in [0.25, 0.3) is 23.6 Å². The fraction of sp³-hybridized carbons (Fsp3) is 0.385. The molecule has 2 atom stereocenters. The quantitative estimate of drug-likeness (QED) is 0.0312. The number of carbonyl (C=O) groups is 8. The highest BCUT2D eigenvalue weighted by Crippen LogP contribution is 2.33. The molecule has 0 aliphatic carbocycles. The van der Waals surface area contributed by atoms with Crippen molar-refractivity contribution in [2.45, 2.75) is 93.0 Å². The van der Waals surface area contributed by atoms with Crippen LogP contribution in [0.25, 0.3) is 22.1 Å². The van der Waals surface area contributed by atoms with Crippen molar-refractivity contribution in [1.29, 1.82) is 0 Å². The number of hydrogen-bond acceptors (Lipinski definition) is 14. The summed E-state index contributed by atoms with van der Waals surface area (Å²) in [4.78, 5) is 116. The number of aromatic nitrogens is 8. The van der Waals surface area contributed by atoms with Crippen LogP contribution in [-0.2, 0) is 45.4 Å². The number of imidazole rings is 2. The second-order valence-corrected chi connectivity index (χ2v) is 18.4. The number of rotatable bonds is 25. The first kappa shape index (κ1) is 55.6. The maximum absolute atomic E-state index is 14.0. The van der Waals surface area contributed by atoms with Crippen LogP contribution in [0.5, 0.6) is 11.5 Å². The number of allylic oxidation sites excluding steroid dienone is 2. The lowest BCUT2D eigenvalue weighted by Crippen LogP contribution is -2.51. The van der Waals surface area contributed by atoms with E-state index >= 15 is 0 Å². The molecule has 5 heterocycles. The molecule has 7 N–H and O–H groups in total. The lowest BCUT2D eigenvalue weighted by molar-refractivity contribution is -0.139. The smallest absolute Gasteiger partial charge is 0.276 e. The van der Waals surface area contributed by atoms with Gasteiger partial charge in [-0.2, -0.15) is 10.2 Å². The Morgan fingerprint density at radius 3 is 1.70 bits per heavy atom. The minimum absolute atomic E-state index is 0.0268. The van der Waals surface area contributed by atoms with Crippen LogP contribution in [0.3, 0.4) is 0 Å². The highest BCUT2D eigenvalue weighted by Gasteiger charge is 2.30. The average molecular weight is 1060 g/mol. The Bertz CT molecular complexity index is 3340. The van der Waals surface area contributed by atoms with Gasteiger partial charge in [-0.3, -0.25) is 63.3 Å². The number of nitrogens with one attached hydrogen (secondary N) is 3. The summed E-state index contributed by atoms with van der Waals surface area (Å²) >= 11 is 0. The van der Waals surface area contributed by atoms with E-state index in [2.05, 4.69) is 26.1 Å². The molecule has 77 heavy (non-hydrogen) atoms. The van der Waals surface area contributed by atoms with Crippen molar-refractivity contribution >= 4 is 81.2 Å². The van der Waals surface area contributed by atoms with Gasteiger partial charge in [-0.25, -0.2) is 9.97 Å². The van der Waals surface area contributed by atoms with Gasteiger partial charge in [-0.05, 0) is 76.4 Å². The van der Waals surface area contributed by atoms with Crippen molar-refractivity contribution in [2.24, 2.45) is 17.4 Å². The van der Waals surface area contributed by atoms with Gasteiger partial charge in [0.2, 0.25) is 35.5 Å². The van der Waals surface area contributed by atoms with E-state index in [0.717, 1.165) is 17.1 Å². The summed E-state index contributed by atoms with van der Waals surface area (Å²) in [7, 11) is 3.04. The van der Waals surface area contributed by atoms with Crippen molar-refractivity contribution in [3.63, 3.8) is 0 Å². The molecular weight excluding hydrogens is 995 g/mol. The molecular formula is C52H63N15O10. The van der Waals surface area contributed by atoms with Crippen LogP contribution in [0.15, 0.2) is 60.7 Å². The zero-order valence-electron chi connectivity index (χ0n) is 44.2. The number of benzene rings is 2. The second kappa shape index (κ2) is 24.0. The van der Waals surface area contributed by atoms with Crippen LogP contribution in [0, 0.1) is 19.8 Å². The standard InChI is InChI=1S/C52H63N15O10/c1-9-29(4)43(57-40(68)17-21-63-41(69)15-16-42(63)70)50(75)62(7)18-14-22-77-39-28-33(47(54)72)26-35-45(39)65(52(56-35)59-49(74)37-24-31(6)61-67(37)11-3)20-13-12-19-64-44-34(25-32(46(53)71)27-38(44)76-8)55-51(64)58-48(73)36-23-30(5)60-66(36)10-2/h12-13,15-16,23-29,43H,9-11,14,17-22H2,1-8H3,(H2,53,71)(H2,54,72)(H,57,68)(H,55,58,73)(H,56,59,74)/b13-12+/t29-,43-/m0/s1. The summed E-state index contributed by atoms with van der Waals surface area (Å²) in [6.07, 6.45) is 6.54. The summed E-state index contributed by atoms with van der Waals surface area (Å²) in [5.41, 5.74) is 15.0. The molecule has 1 aliphatic rings. The van der Waals surface area contributed by atoms with Gasteiger partial charge >= 0.3 is 0 Å². The number of imide groups is 1. The Morgan fingerprint density at radius 1 is 0.740 bits per heavy atom. The van der Waals surface area contributed by atoms with E-state index in [1.54, 1.807) is 63.7 Å². The molecule has 0 fully saturated rings. The number of fused-ring (bicyclic) bond motifs is 2. The summed E-state index contributed by atoms with van der Waals surface area (Å²) in [6, 6.07) is 8.37. The van der Waals surface area contributed by atoms with Crippen LogP contribution in [0.1, 0.15) is 100 Å². The first-order valence-corrected chi connectivity index (χ1v) is 25.1. The maximum Gasteiger partial charge on any atom is 0.276 e. The van der Waals surface area contributed by atoms with Gasteiger partial charge in [0.15, 0.2) is 0 Å². The third-order valence-electron chi connectivity index (χ3n) is 13.0. The lowest BCUT2D eigenvalue weighted by Gasteiger charge is -2.28. The van der Waals surface area contributed by atoms with Crippen LogP contribution < -0.4 is 36.9 Å². The van der Waals surface area contributed by atoms with Gasteiger partial charge in [0, 0.05) is 76.0 Å². The summed E-state index contributed by atoms with van der Waals surface area (Å²) in [6.45, 7) is 12.1. The normalized spacial score (nSPS) is 13.2. The number of methoxy groups -OCH3 is 1. The average Bonchev–Trinajstić information content (AvgIpc) is 4.23. The van der Waals surface area contributed by atoms with Gasteiger partial charge in [-0.1, -0.05) is 32.4 Å². The van der Waals surface area contributed by atoms with E-state index in [9.17, 15) is 38.4 Å². The van der Waals surface area contributed by atoms with E-state index in [-0.39, 0.29) is 96.8 Å². The molecule has 0 saturated heterocycles. The van der Waals surface area contributed by atoms with E-state index in [1.807, 2.05) is 27.7 Å². The first-order valence-electron chi connectivity index (χ1n) is 25.1. The number of hydrogen-bond donors (Lipinski definition) is 5. The number of aryl methyl sites for hydroxylation is 4. The SMILES string of the molecule is CC[C@H](C)[C@H](NC(=O)CCN1C(=O)C=CC1=O)C(=O)N(C)CCCOc1cc(C(N)=O)cc2nc(NC(=O)c3cc(C)nn3CC)n(C/C=C/Cn3c(NC(=O)c4cc(C)nn4CC)nc4cc(C(N)=O)cc(OC)c43)c12. The van der Waals surface area contributed by atoms with E-state index in [4.69, 9.17) is 30.9 Å². The van der Waals surface area contributed by atoms with Gasteiger partial charge < -0.3 is 40.3 Å². The second-order valence-electron chi connectivity index (χ2n) is 18.4. The Kier molecular flexibility index (Phi) is 17.3. The largest absolute Gasteiger partial charge is 0.494 e. The third-order valence-corrected chi connectivity index (χ3v) is 13.0. The predicted molar refractivity (Wildman–Crippen MR) is 283 cm³/mol. The monoisotopic (exact) mass is 1060 g/mol. The number of ether oxygens (including phenoxy) is 2. The first-order chi connectivity index (χ1) is 36.8. The Balaban J connectivity index is 1.17. The van der Waals surface area contributed by atoms with E-state index < -0.39 is 47.4 Å². The van der Waals surface area contributed by atoms with Crippen LogP contribution >= 0.6 is 0 Å². The molecule has 8 amide bonds. The number of anilines is 2. The van der Waals surface area contributed by atoms with E-state index in [0.29, 0.717) is 59.6 Å². The molecule has 0 saturated carbocycles. The number of nitrogens with zero attached hydrogens (tertiary/aromatic N) is 10. The molecule has 2 aromatic carbocycles. The Morgan fingerprint density at radius 2 is 1.23 bits per heavy atom. The number of amides is 8. The molecule has 6 aromatic rings. The molecule has 1 aliphatic heterocycles. The van der Waals surface area contributed by atoms with Crippen molar-refractivity contribution in [2.75, 3.05) is 44.5 Å². The van der Waals surface area contributed by atoms with E-state index in [1.165, 1.54) is 36.3 Å². The van der Waals surface area contributed by atoms with Gasteiger partial charge in [0.05, 0.1) is 36.1 Å². The zero-order chi connectivity index (χ0) is 55.8.